The summed E-state index contributed by atoms with van der Waals surface area (Å²) in [5.74, 6) is 0.194. The molecular weight excluding hydrogens is 360 g/mol. The van der Waals surface area contributed by atoms with Gasteiger partial charge in [0.15, 0.2) is 0 Å². The van der Waals surface area contributed by atoms with Crippen LogP contribution >= 0.6 is 11.6 Å². The summed E-state index contributed by atoms with van der Waals surface area (Å²) < 4.78 is 0. The van der Waals surface area contributed by atoms with Crippen LogP contribution in [0, 0.1) is 5.41 Å². The summed E-state index contributed by atoms with van der Waals surface area (Å²) in [7, 11) is 2.90. The third-order valence-corrected chi connectivity index (χ3v) is 4.83. The minimum absolute atomic E-state index is 0.201. The molecule has 0 bridgehead atoms. The fourth-order valence-electron chi connectivity index (χ4n) is 2.99. The number of hydroxylamine groups is 2. The molecular formula is C17H25ClN4O4. The van der Waals surface area contributed by atoms with Crippen LogP contribution in [0.25, 0.3) is 0 Å². The first-order valence-electron chi connectivity index (χ1n) is 8.28. The SMILES string of the molecule is CON(C)C(=O)c1cnc(N2CCN(C(=O)O)C(C(C)(C)C)C2)c(Cl)c1. The number of halogens is 1. The lowest BCUT2D eigenvalue weighted by molar-refractivity contribution is -0.0757. The molecule has 1 aliphatic rings. The number of hydrogen-bond donors (Lipinski definition) is 1. The van der Waals surface area contributed by atoms with Gasteiger partial charge in [0.1, 0.15) is 5.82 Å². The number of nitrogens with zero attached hydrogens (tertiary/aromatic N) is 4. The Morgan fingerprint density at radius 1 is 1.38 bits per heavy atom. The highest BCUT2D eigenvalue weighted by atomic mass is 35.5. The zero-order valence-corrected chi connectivity index (χ0v) is 16.4. The van der Waals surface area contributed by atoms with E-state index in [4.69, 9.17) is 16.4 Å². The van der Waals surface area contributed by atoms with Gasteiger partial charge in [0, 0.05) is 32.9 Å². The van der Waals surface area contributed by atoms with Gasteiger partial charge < -0.3 is 14.9 Å². The van der Waals surface area contributed by atoms with Crippen LogP contribution in [-0.2, 0) is 4.84 Å². The summed E-state index contributed by atoms with van der Waals surface area (Å²) in [6.07, 6.45) is 0.529. The Hall–Kier alpha value is -2.06. The number of hydrogen-bond acceptors (Lipinski definition) is 5. The second-order valence-electron chi connectivity index (χ2n) is 7.32. The van der Waals surface area contributed by atoms with Crippen molar-refractivity contribution < 1.29 is 19.5 Å². The Morgan fingerprint density at radius 2 is 2.04 bits per heavy atom. The average molecular weight is 385 g/mol. The number of aromatic nitrogens is 1. The summed E-state index contributed by atoms with van der Waals surface area (Å²) in [5.41, 5.74) is 0.0836. The molecule has 144 valence electrons. The lowest BCUT2D eigenvalue weighted by Gasteiger charge is -2.46. The topological polar surface area (TPSA) is 86.2 Å². The van der Waals surface area contributed by atoms with E-state index in [0.717, 1.165) is 5.06 Å². The number of rotatable bonds is 3. The first-order chi connectivity index (χ1) is 12.1. The van der Waals surface area contributed by atoms with Crippen molar-refractivity contribution in [3.05, 3.63) is 22.8 Å². The van der Waals surface area contributed by atoms with Gasteiger partial charge in [-0.1, -0.05) is 32.4 Å². The molecule has 1 aliphatic heterocycles. The third-order valence-electron chi connectivity index (χ3n) is 4.55. The van der Waals surface area contributed by atoms with Crippen molar-refractivity contribution in [2.45, 2.75) is 26.8 Å². The average Bonchev–Trinajstić information content (AvgIpc) is 2.58. The summed E-state index contributed by atoms with van der Waals surface area (Å²) in [6.45, 7) is 7.35. The molecule has 0 aliphatic carbocycles. The Bertz CT molecular complexity index is 692. The summed E-state index contributed by atoms with van der Waals surface area (Å²) >= 11 is 6.37. The molecule has 0 radical (unpaired) electrons. The lowest BCUT2D eigenvalue weighted by Crippen LogP contribution is -2.59. The van der Waals surface area contributed by atoms with Gasteiger partial charge in [0.2, 0.25) is 0 Å². The molecule has 1 unspecified atom stereocenters. The van der Waals surface area contributed by atoms with Crippen molar-refractivity contribution in [1.29, 1.82) is 0 Å². The second-order valence-corrected chi connectivity index (χ2v) is 7.73. The second kappa shape index (κ2) is 7.67. The van der Waals surface area contributed by atoms with E-state index in [1.807, 2.05) is 25.7 Å². The first-order valence-corrected chi connectivity index (χ1v) is 8.66. The minimum atomic E-state index is -0.924. The van der Waals surface area contributed by atoms with Crippen LogP contribution in [0.5, 0.6) is 0 Å². The quantitative estimate of drug-likeness (QED) is 0.806. The van der Waals surface area contributed by atoms with Crippen molar-refractivity contribution in [1.82, 2.24) is 14.9 Å². The van der Waals surface area contributed by atoms with E-state index in [1.54, 1.807) is 6.07 Å². The lowest BCUT2D eigenvalue weighted by atomic mass is 9.84. The Labute approximate surface area is 158 Å². The highest BCUT2D eigenvalue weighted by Crippen LogP contribution is 2.32. The van der Waals surface area contributed by atoms with Gasteiger partial charge in [-0.2, -0.15) is 0 Å². The molecule has 2 amide bonds. The maximum absolute atomic E-state index is 12.1. The van der Waals surface area contributed by atoms with Gasteiger partial charge in [0.05, 0.1) is 23.7 Å². The van der Waals surface area contributed by atoms with E-state index in [-0.39, 0.29) is 17.4 Å². The molecule has 1 saturated heterocycles. The molecule has 1 atom stereocenters. The van der Waals surface area contributed by atoms with E-state index >= 15 is 0 Å². The molecule has 2 heterocycles. The first kappa shape index (κ1) is 20.3. The van der Waals surface area contributed by atoms with E-state index in [9.17, 15) is 14.7 Å². The van der Waals surface area contributed by atoms with E-state index < -0.39 is 6.09 Å². The predicted molar refractivity (Wildman–Crippen MR) is 98.5 cm³/mol. The van der Waals surface area contributed by atoms with Crippen LogP contribution in [-0.4, -0.2) is 71.9 Å². The molecule has 0 saturated carbocycles. The van der Waals surface area contributed by atoms with Crippen LogP contribution < -0.4 is 4.90 Å². The van der Waals surface area contributed by atoms with Crippen LogP contribution in [0.1, 0.15) is 31.1 Å². The van der Waals surface area contributed by atoms with Crippen molar-refractivity contribution in [3.8, 4) is 0 Å². The molecule has 1 fully saturated rings. The maximum atomic E-state index is 12.1. The predicted octanol–water partition coefficient (Wildman–Crippen LogP) is 2.58. The smallest absolute Gasteiger partial charge is 0.407 e. The van der Waals surface area contributed by atoms with Crippen molar-refractivity contribution >= 4 is 29.4 Å². The van der Waals surface area contributed by atoms with Gasteiger partial charge in [0.25, 0.3) is 5.91 Å². The molecule has 8 nitrogen and oxygen atoms in total. The number of anilines is 1. The number of amides is 2. The number of carbonyl (C=O) groups excluding carboxylic acids is 1. The zero-order valence-electron chi connectivity index (χ0n) is 15.7. The van der Waals surface area contributed by atoms with E-state index in [2.05, 4.69) is 4.98 Å². The Morgan fingerprint density at radius 3 is 2.54 bits per heavy atom. The number of carbonyl (C=O) groups is 2. The van der Waals surface area contributed by atoms with Crippen molar-refractivity contribution in [2.75, 3.05) is 38.7 Å². The van der Waals surface area contributed by atoms with Crippen LogP contribution in [0.2, 0.25) is 5.02 Å². The fraction of sp³-hybridized carbons (Fsp3) is 0.588. The highest BCUT2D eigenvalue weighted by molar-refractivity contribution is 6.33. The molecule has 1 aromatic heterocycles. The summed E-state index contributed by atoms with van der Waals surface area (Å²) in [6, 6.07) is 1.35. The van der Waals surface area contributed by atoms with Crippen LogP contribution in [0.4, 0.5) is 10.6 Å². The fourth-order valence-corrected chi connectivity index (χ4v) is 3.28. The molecule has 0 aromatic carbocycles. The third kappa shape index (κ3) is 4.19. The number of pyridine rings is 1. The Kier molecular flexibility index (Phi) is 5.98. The molecule has 9 heteroatoms. The standard InChI is InChI=1S/C17H25ClN4O4/c1-17(2,3)13-10-21(6-7-22(13)16(24)25)14-12(18)8-11(9-19-14)15(23)20(4)26-5/h8-9,13H,6-7,10H2,1-5H3,(H,24,25). The maximum Gasteiger partial charge on any atom is 0.407 e. The van der Waals surface area contributed by atoms with Gasteiger partial charge in [-0.25, -0.2) is 14.8 Å². The highest BCUT2D eigenvalue weighted by Gasteiger charge is 2.38. The largest absolute Gasteiger partial charge is 0.465 e. The molecule has 2 rings (SSSR count). The van der Waals surface area contributed by atoms with Gasteiger partial charge >= 0.3 is 6.09 Å². The van der Waals surface area contributed by atoms with Gasteiger partial charge in [-0.3, -0.25) is 9.63 Å². The van der Waals surface area contributed by atoms with Crippen molar-refractivity contribution in [3.63, 3.8) is 0 Å². The van der Waals surface area contributed by atoms with Crippen LogP contribution in [0.15, 0.2) is 12.3 Å². The molecule has 26 heavy (non-hydrogen) atoms. The number of carboxylic acid groups (broad SMARTS) is 1. The molecule has 1 N–H and O–H groups in total. The zero-order chi connectivity index (χ0) is 19.6. The van der Waals surface area contributed by atoms with Crippen LogP contribution in [0.3, 0.4) is 0 Å². The monoisotopic (exact) mass is 384 g/mol. The van der Waals surface area contributed by atoms with E-state index in [1.165, 1.54) is 25.3 Å². The Balaban J connectivity index is 2.26. The van der Waals surface area contributed by atoms with Gasteiger partial charge in [-0.15, -0.1) is 0 Å². The normalized spacial score (nSPS) is 18.0. The van der Waals surface area contributed by atoms with Gasteiger partial charge in [-0.05, 0) is 11.5 Å². The number of piperazine rings is 1. The van der Waals surface area contributed by atoms with Crippen molar-refractivity contribution in [2.24, 2.45) is 5.41 Å². The summed E-state index contributed by atoms with van der Waals surface area (Å²) in [5, 5.41) is 10.9. The molecule has 1 aromatic rings. The molecule has 0 spiro atoms. The summed E-state index contributed by atoms with van der Waals surface area (Å²) in [4.78, 5) is 36.3. The minimum Gasteiger partial charge on any atom is -0.465 e. The van der Waals surface area contributed by atoms with E-state index in [0.29, 0.717) is 36.0 Å².